The molecule has 1 N–H and O–H groups in total. The van der Waals surface area contributed by atoms with Crippen molar-refractivity contribution in [3.8, 4) is 5.75 Å². The average Bonchev–Trinajstić information content (AvgIpc) is 3.47. The molecular formula is C33H39NO4. The lowest BCUT2D eigenvalue weighted by atomic mass is 9.69. The molecule has 2 aromatic rings. The lowest BCUT2D eigenvalue weighted by Gasteiger charge is -2.31. The van der Waals surface area contributed by atoms with Crippen LogP contribution in [0.2, 0.25) is 0 Å². The van der Waals surface area contributed by atoms with Gasteiger partial charge in [0.05, 0.1) is 24.5 Å². The molecule has 0 radical (unpaired) electrons. The number of allylic oxidation sites excluding steroid dienone is 2. The Bertz CT molecular complexity index is 1320. The molecule has 0 bridgehead atoms. The molecule has 200 valence electrons. The van der Waals surface area contributed by atoms with Crippen LogP contribution in [-0.2, 0) is 14.3 Å². The first-order valence-corrected chi connectivity index (χ1v) is 14.6. The summed E-state index contributed by atoms with van der Waals surface area (Å²) in [4.78, 5) is 28.9. The second-order valence-corrected chi connectivity index (χ2v) is 11.8. The largest absolute Gasteiger partial charge is 0.507 e. The van der Waals surface area contributed by atoms with Crippen LogP contribution < -0.4 is 0 Å². The molecule has 6 rings (SSSR count). The number of imide groups is 1. The molecule has 38 heavy (non-hydrogen) atoms. The maximum atomic E-state index is 13.7. The molecule has 4 atom stereocenters. The zero-order valence-corrected chi connectivity index (χ0v) is 22.6. The number of aromatic hydroxyl groups is 1. The van der Waals surface area contributed by atoms with Gasteiger partial charge < -0.3 is 9.84 Å². The smallest absolute Gasteiger partial charge is 0.234 e. The first-order valence-electron chi connectivity index (χ1n) is 14.6. The van der Waals surface area contributed by atoms with Gasteiger partial charge >= 0.3 is 0 Å². The van der Waals surface area contributed by atoms with Gasteiger partial charge in [-0.15, -0.1) is 0 Å². The number of phenolic OH excluding ortho intramolecular Hbond substituents is 1. The lowest BCUT2D eigenvalue weighted by Crippen LogP contribution is -2.42. The van der Waals surface area contributed by atoms with Crippen LogP contribution >= 0.6 is 0 Å². The van der Waals surface area contributed by atoms with Crippen molar-refractivity contribution in [3.63, 3.8) is 0 Å². The van der Waals surface area contributed by atoms with Crippen molar-refractivity contribution >= 4 is 28.7 Å². The van der Waals surface area contributed by atoms with E-state index in [0.717, 1.165) is 67.7 Å². The summed E-state index contributed by atoms with van der Waals surface area (Å²) in [5.41, 5.74) is 5.03. The van der Waals surface area contributed by atoms with Gasteiger partial charge in [0.2, 0.25) is 11.8 Å². The van der Waals surface area contributed by atoms with Crippen LogP contribution in [0.4, 0.5) is 0 Å². The molecule has 2 heterocycles. The Labute approximate surface area is 225 Å². The Kier molecular flexibility index (Phi) is 6.90. The Morgan fingerprint density at radius 3 is 2.55 bits per heavy atom. The number of carbonyl (C=O) groups is 2. The number of hydrogen-bond acceptors (Lipinski definition) is 4. The molecule has 0 spiro atoms. The van der Waals surface area contributed by atoms with Crippen molar-refractivity contribution in [1.29, 1.82) is 0 Å². The monoisotopic (exact) mass is 513 g/mol. The Morgan fingerprint density at radius 1 is 1.03 bits per heavy atom. The van der Waals surface area contributed by atoms with Crippen LogP contribution in [-0.4, -0.2) is 40.6 Å². The van der Waals surface area contributed by atoms with Gasteiger partial charge in [0, 0.05) is 17.3 Å². The molecule has 5 heteroatoms. The number of amides is 2. The number of nitrogens with zero attached hydrogens (tertiary/aromatic N) is 1. The van der Waals surface area contributed by atoms with E-state index in [1.165, 1.54) is 23.1 Å². The third-order valence-electron chi connectivity index (χ3n) is 9.55. The number of phenols is 1. The molecule has 2 aliphatic carbocycles. The Balaban J connectivity index is 1.20. The molecule has 1 saturated carbocycles. The average molecular weight is 514 g/mol. The van der Waals surface area contributed by atoms with Crippen molar-refractivity contribution in [2.24, 2.45) is 17.8 Å². The Hall–Kier alpha value is -2.92. The number of hydrogen-bond donors (Lipinski definition) is 1. The highest BCUT2D eigenvalue weighted by atomic mass is 16.5. The fraction of sp³-hybridized carbons (Fsp3) is 0.515. The maximum Gasteiger partial charge on any atom is 0.234 e. The predicted octanol–water partition coefficient (Wildman–Crippen LogP) is 6.79. The van der Waals surface area contributed by atoms with E-state index in [1.54, 1.807) is 11.0 Å². The topological polar surface area (TPSA) is 66.8 Å². The zero-order chi connectivity index (χ0) is 26.4. The number of fused-ring (bicyclic) bond motifs is 4. The van der Waals surface area contributed by atoms with E-state index in [0.29, 0.717) is 12.4 Å². The summed E-state index contributed by atoms with van der Waals surface area (Å²) in [6.07, 6.45) is 11.0. The van der Waals surface area contributed by atoms with Gasteiger partial charge in [-0.3, -0.25) is 14.5 Å². The third-order valence-corrected chi connectivity index (χ3v) is 9.55. The van der Waals surface area contributed by atoms with Crippen molar-refractivity contribution in [2.45, 2.75) is 83.8 Å². The van der Waals surface area contributed by atoms with Gasteiger partial charge in [-0.2, -0.15) is 0 Å². The van der Waals surface area contributed by atoms with E-state index >= 15 is 0 Å². The Morgan fingerprint density at radius 2 is 1.79 bits per heavy atom. The van der Waals surface area contributed by atoms with Crippen molar-refractivity contribution < 1.29 is 19.4 Å². The standard InChI is InChI=1S/C33H39NO4/c1-3-21-18-26-31(33(37)34(32(26)36)23-9-5-4-6-10-23)27-19-38-29(30(21)27)16-13-20(2)17-22-14-15-28(35)25-12-8-7-11-24(22)25/h7-8,11-12,14-15,17,23,26-27,29,31,35H,3-6,9-10,13,16,18-19H2,1-2H3/b20-17+/t26-,27+,29-,31-/m1/s1. The number of likely N-dealkylation sites (tertiary alicyclic amines) is 1. The summed E-state index contributed by atoms with van der Waals surface area (Å²) < 4.78 is 6.39. The van der Waals surface area contributed by atoms with Crippen molar-refractivity contribution in [1.82, 2.24) is 4.90 Å². The van der Waals surface area contributed by atoms with Crippen LogP contribution in [0.3, 0.4) is 0 Å². The molecule has 0 aromatic heterocycles. The molecular weight excluding hydrogens is 474 g/mol. The minimum absolute atomic E-state index is 0.0162. The summed E-state index contributed by atoms with van der Waals surface area (Å²) >= 11 is 0. The van der Waals surface area contributed by atoms with E-state index in [-0.39, 0.29) is 41.7 Å². The normalized spacial score (nSPS) is 28.4. The van der Waals surface area contributed by atoms with E-state index in [4.69, 9.17) is 4.74 Å². The summed E-state index contributed by atoms with van der Waals surface area (Å²) in [6, 6.07) is 11.8. The van der Waals surface area contributed by atoms with Crippen LogP contribution in [0.25, 0.3) is 16.8 Å². The van der Waals surface area contributed by atoms with E-state index in [9.17, 15) is 14.7 Å². The van der Waals surface area contributed by atoms with Gasteiger partial charge in [0.25, 0.3) is 0 Å². The van der Waals surface area contributed by atoms with Gasteiger partial charge in [-0.1, -0.05) is 73.7 Å². The molecule has 2 saturated heterocycles. The highest BCUT2D eigenvalue weighted by Crippen LogP contribution is 2.51. The molecule has 2 amide bonds. The van der Waals surface area contributed by atoms with Crippen LogP contribution in [0.5, 0.6) is 5.75 Å². The van der Waals surface area contributed by atoms with Gasteiger partial charge in [-0.25, -0.2) is 0 Å². The van der Waals surface area contributed by atoms with Crippen molar-refractivity contribution in [3.05, 3.63) is 58.7 Å². The predicted molar refractivity (Wildman–Crippen MR) is 149 cm³/mol. The van der Waals surface area contributed by atoms with E-state index < -0.39 is 0 Å². The van der Waals surface area contributed by atoms with Gasteiger partial charge in [0.15, 0.2) is 0 Å². The fourth-order valence-electron chi connectivity index (χ4n) is 7.66. The number of benzene rings is 2. The summed E-state index contributed by atoms with van der Waals surface area (Å²) in [5, 5.41) is 12.1. The number of ether oxygens (including phenoxy) is 1. The van der Waals surface area contributed by atoms with Crippen LogP contribution in [0.1, 0.15) is 77.2 Å². The SMILES string of the molecule is CCC1=C2[C@@H](CC/C(C)=C/c3ccc(O)c4ccccc34)OC[C@@H]2[C@@H]2C(=O)N(C3CCCCC3)C(=O)[C@@H]2C1. The molecule has 3 fully saturated rings. The maximum absolute atomic E-state index is 13.7. The minimum atomic E-state index is -0.236. The second-order valence-electron chi connectivity index (χ2n) is 11.8. The second kappa shape index (κ2) is 10.3. The number of rotatable bonds is 6. The van der Waals surface area contributed by atoms with E-state index in [2.05, 4.69) is 19.9 Å². The lowest BCUT2D eigenvalue weighted by molar-refractivity contribution is -0.143. The summed E-state index contributed by atoms with van der Waals surface area (Å²) in [6.45, 7) is 4.88. The molecule has 5 nitrogen and oxygen atoms in total. The minimum Gasteiger partial charge on any atom is -0.507 e. The molecule has 0 unspecified atom stereocenters. The number of carbonyl (C=O) groups excluding carboxylic acids is 2. The first-order chi connectivity index (χ1) is 18.5. The summed E-state index contributed by atoms with van der Waals surface area (Å²) in [5.74, 6) is 0.0745. The summed E-state index contributed by atoms with van der Waals surface area (Å²) in [7, 11) is 0. The zero-order valence-electron chi connectivity index (χ0n) is 22.6. The first kappa shape index (κ1) is 25.4. The van der Waals surface area contributed by atoms with Crippen LogP contribution in [0.15, 0.2) is 53.1 Å². The van der Waals surface area contributed by atoms with Gasteiger partial charge in [0.1, 0.15) is 5.75 Å². The van der Waals surface area contributed by atoms with E-state index in [1.807, 2.05) is 30.3 Å². The third kappa shape index (κ3) is 4.29. The molecule has 4 aliphatic rings. The highest BCUT2D eigenvalue weighted by molar-refractivity contribution is 6.06. The quantitative estimate of drug-likeness (QED) is 0.341. The van der Waals surface area contributed by atoms with Gasteiger partial charge in [-0.05, 0) is 68.0 Å². The molecule has 2 aliphatic heterocycles. The van der Waals surface area contributed by atoms with Crippen LogP contribution in [0, 0.1) is 17.8 Å². The fourth-order valence-corrected chi connectivity index (χ4v) is 7.66. The molecule has 2 aromatic carbocycles. The highest BCUT2D eigenvalue weighted by Gasteiger charge is 2.57. The van der Waals surface area contributed by atoms with Crippen molar-refractivity contribution in [2.75, 3.05) is 6.61 Å².